The first-order valence-corrected chi connectivity index (χ1v) is 8.00. The van der Waals surface area contributed by atoms with Crippen molar-refractivity contribution in [1.82, 2.24) is 0 Å². The van der Waals surface area contributed by atoms with Crippen LogP contribution in [0.25, 0.3) is 11.1 Å². The average Bonchev–Trinajstić information content (AvgIpc) is 2.62. The molecule has 0 bridgehead atoms. The van der Waals surface area contributed by atoms with Crippen molar-refractivity contribution in [2.24, 2.45) is 5.73 Å². The van der Waals surface area contributed by atoms with E-state index in [4.69, 9.17) is 22.1 Å². The molecule has 0 fully saturated rings. The fourth-order valence-corrected chi connectivity index (χ4v) is 2.76. The van der Waals surface area contributed by atoms with Crippen LogP contribution in [0.2, 0.25) is 5.02 Å². The van der Waals surface area contributed by atoms with E-state index in [9.17, 15) is 4.39 Å². The Morgan fingerprint density at radius 1 is 0.917 bits per heavy atom. The minimum absolute atomic E-state index is 0.310. The number of halogens is 2. The fraction of sp³-hybridized carbons (Fsp3) is 0.100. The number of ether oxygens (including phenoxy) is 1. The SMILES string of the molecule is NCc1cc(OCc2ccccc2)ccc1-c1cc(F)ccc1Cl. The first kappa shape index (κ1) is 16.5. The number of nitrogens with two attached hydrogens (primary N) is 1. The monoisotopic (exact) mass is 341 g/mol. The van der Waals surface area contributed by atoms with Crippen LogP contribution in [0.1, 0.15) is 11.1 Å². The number of benzene rings is 3. The van der Waals surface area contributed by atoms with Gasteiger partial charge in [-0.3, -0.25) is 0 Å². The summed E-state index contributed by atoms with van der Waals surface area (Å²) < 4.78 is 19.4. The van der Waals surface area contributed by atoms with E-state index in [1.165, 1.54) is 12.1 Å². The zero-order valence-electron chi connectivity index (χ0n) is 13.0. The van der Waals surface area contributed by atoms with Gasteiger partial charge in [0, 0.05) is 17.1 Å². The Bertz CT molecular complexity index is 836. The average molecular weight is 342 g/mol. The van der Waals surface area contributed by atoms with Crippen LogP contribution in [-0.2, 0) is 13.2 Å². The molecule has 0 unspecified atom stereocenters. The largest absolute Gasteiger partial charge is 0.489 e. The summed E-state index contributed by atoms with van der Waals surface area (Å²) in [6, 6.07) is 19.8. The van der Waals surface area contributed by atoms with Gasteiger partial charge in [-0.1, -0.05) is 48.0 Å². The molecule has 0 spiro atoms. The van der Waals surface area contributed by atoms with Gasteiger partial charge in [-0.05, 0) is 47.0 Å². The van der Waals surface area contributed by atoms with Crippen molar-refractivity contribution in [2.75, 3.05) is 0 Å². The fourth-order valence-electron chi connectivity index (χ4n) is 2.54. The first-order valence-electron chi connectivity index (χ1n) is 7.62. The second-order valence-electron chi connectivity index (χ2n) is 5.42. The van der Waals surface area contributed by atoms with E-state index in [0.717, 1.165) is 22.4 Å². The third-order valence-electron chi connectivity index (χ3n) is 3.76. The van der Waals surface area contributed by atoms with Crippen LogP contribution < -0.4 is 10.5 Å². The lowest BCUT2D eigenvalue weighted by Crippen LogP contribution is -2.01. The highest BCUT2D eigenvalue weighted by Crippen LogP contribution is 2.33. The van der Waals surface area contributed by atoms with Gasteiger partial charge in [0.2, 0.25) is 0 Å². The highest BCUT2D eigenvalue weighted by atomic mass is 35.5. The summed E-state index contributed by atoms with van der Waals surface area (Å²) in [6.45, 7) is 0.787. The Balaban J connectivity index is 1.87. The van der Waals surface area contributed by atoms with Gasteiger partial charge in [0.1, 0.15) is 18.2 Å². The molecule has 24 heavy (non-hydrogen) atoms. The minimum atomic E-state index is -0.332. The lowest BCUT2D eigenvalue weighted by Gasteiger charge is -2.13. The highest BCUT2D eigenvalue weighted by molar-refractivity contribution is 6.33. The van der Waals surface area contributed by atoms with E-state index in [1.807, 2.05) is 48.5 Å². The number of hydrogen-bond acceptors (Lipinski definition) is 2. The Morgan fingerprint density at radius 2 is 1.71 bits per heavy atom. The molecule has 122 valence electrons. The minimum Gasteiger partial charge on any atom is -0.489 e. The lowest BCUT2D eigenvalue weighted by atomic mass is 9.99. The maximum Gasteiger partial charge on any atom is 0.123 e. The Labute approximate surface area is 145 Å². The zero-order chi connectivity index (χ0) is 16.9. The van der Waals surface area contributed by atoms with Gasteiger partial charge in [-0.25, -0.2) is 4.39 Å². The van der Waals surface area contributed by atoms with Gasteiger partial charge in [0.05, 0.1) is 0 Å². The maximum atomic E-state index is 13.5. The van der Waals surface area contributed by atoms with Crippen LogP contribution >= 0.6 is 11.6 Å². The van der Waals surface area contributed by atoms with Crippen LogP contribution in [0.3, 0.4) is 0 Å². The second kappa shape index (κ2) is 7.47. The van der Waals surface area contributed by atoms with Crippen molar-refractivity contribution in [3.8, 4) is 16.9 Å². The van der Waals surface area contributed by atoms with Crippen molar-refractivity contribution >= 4 is 11.6 Å². The molecule has 0 saturated heterocycles. The normalized spacial score (nSPS) is 10.6. The van der Waals surface area contributed by atoms with E-state index in [2.05, 4.69) is 0 Å². The zero-order valence-corrected chi connectivity index (χ0v) is 13.8. The molecular formula is C20H17ClFNO. The van der Waals surface area contributed by atoms with Gasteiger partial charge >= 0.3 is 0 Å². The summed E-state index contributed by atoms with van der Waals surface area (Å²) in [5.74, 6) is 0.386. The van der Waals surface area contributed by atoms with E-state index in [1.54, 1.807) is 6.07 Å². The van der Waals surface area contributed by atoms with Gasteiger partial charge < -0.3 is 10.5 Å². The quantitative estimate of drug-likeness (QED) is 0.693. The molecule has 0 aromatic heterocycles. The van der Waals surface area contributed by atoms with Crippen molar-refractivity contribution in [1.29, 1.82) is 0 Å². The third kappa shape index (κ3) is 3.75. The van der Waals surface area contributed by atoms with Crippen molar-refractivity contribution in [3.63, 3.8) is 0 Å². The standard InChI is InChI=1S/C20H17ClFNO/c21-20-9-6-16(22)11-19(20)18-8-7-17(10-15(18)12-23)24-13-14-4-2-1-3-5-14/h1-11H,12-13,23H2. The highest BCUT2D eigenvalue weighted by Gasteiger charge is 2.11. The van der Waals surface area contributed by atoms with Crippen molar-refractivity contribution in [2.45, 2.75) is 13.2 Å². The Hall–Kier alpha value is -2.36. The topological polar surface area (TPSA) is 35.2 Å². The third-order valence-corrected chi connectivity index (χ3v) is 4.09. The summed E-state index contributed by atoms with van der Waals surface area (Å²) in [4.78, 5) is 0. The molecule has 3 aromatic carbocycles. The molecule has 0 radical (unpaired) electrons. The van der Waals surface area contributed by atoms with E-state index in [-0.39, 0.29) is 5.82 Å². The molecule has 0 amide bonds. The summed E-state index contributed by atoms with van der Waals surface area (Å²) in [7, 11) is 0. The Kier molecular flexibility index (Phi) is 5.14. The molecule has 3 aromatic rings. The predicted molar refractivity (Wildman–Crippen MR) is 95.5 cm³/mol. The molecule has 0 aliphatic rings. The molecule has 0 aliphatic carbocycles. The van der Waals surface area contributed by atoms with Crippen LogP contribution in [0, 0.1) is 5.82 Å². The molecule has 0 aliphatic heterocycles. The van der Waals surface area contributed by atoms with E-state index >= 15 is 0 Å². The van der Waals surface area contributed by atoms with E-state index in [0.29, 0.717) is 23.7 Å². The Morgan fingerprint density at radius 3 is 2.46 bits per heavy atom. The van der Waals surface area contributed by atoms with Gasteiger partial charge in [-0.15, -0.1) is 0 Å². The molecule has 2 nitrogen and oxygen atoms in total. The lowest BCUT2D eigenvalue weighted by molar-refractivity contribution is 0.306. The van der Waals surface area contributed by atoms with Crippen LogP contribution in [0.4, 0.5) is 4.39 Å². The van der Waals surface area contributed by atoms with Gasteiger partial charge in [0.15, 0.2) is 0 Å². The predicted octanol–water partition coefficient (Wildman–Crippen LogP) is 5.18. The van der Waals surface area contributed by atoms with Crippen molar-refractivity contribution < 1.29 is 9.13 Å². The molecule has 0 saturated carbocycles. The first-order chi connectivity index (χ1) is 11.7. The van der Waals surface area contributed by atoms with Gasteiger partial charge in [0.25, 0.3) is 0 Å². The second-order valence-corrected chi connectivity index (χ2v) is 5.83. The summed E-state index contributed by atoms with van der Waals surface area (Å²) in [5, 5.41) is 0.490. The molecule has 2 N–H and O–H groups in total. The van der Waals surface area contributed by atoms with Crippen LogP contribution in [-0.4, -0.2) is 0 Å². The molecule has 4 heteroatoms. The van der Waals surface area contributed by atoms with Crippen molar-refractivity contribution in [3.05, 3.63) is 88.7 Å². The summed E-state index contributed by atoms with van der Waals surface area (Å²) >= 11 is 6.20. The summed E-state index contributed by atoms with van der Waals surface area (Å²) in [6.07, 6.45) is 0. The van der Waals surface area contributed by atoms with Crippen LogP contribution in [0.15, 0.2) is 66.7 Å². The van der Waals surface area contributed by atoms with Gasteiger partial charge in [-0.2, -0.15) is 0 Å². The molecular weight excluding hydrogens is 325 g/mol. The smallest absolute Gasteiger partial charge is 0.123 e. The summed E-state index contributed by atoms with van der Waals surface area (Å²) in [5.41, 5.74) is 9.25. The van der Waals surface area contributed by atoms with Crippen LogP contribution in [0.5, 0.6) is 5.75 Å². The molecule has 3 rings (SSSR count). The molecule has 0 heterocycles. The van der Waals surface area contributed by atoms with E-state index < -0.39 is 0 Å². The number of rotatable bonds is 5. The maximum absolute atomic E-state index is 13.5. The molecule has 0 atom stereocenters. The number of hydrogen-bond donors (Lipinski definition) is 1.